The van der Waals surface area contributed by atoms with Crippen molar-refractivity contribution in [2.75, 3.05) is 6.54 Å². The van der Waals surface area contributed by atoms with Gasteiger partial charge in [-0.25, -0.2) is 9.40 Å². The summed E-state index contributed by atoms with van der Waals surface area (Å²) in [4.78, 5) is 12.0. The van der Waals surface area contributed by atoms with Crippen molar-refractivity contribution in [1.82, 2.24) is 5.01 Å². The minimum atomic E-state index is -0.623. The molecule has 2 N–H and O–H groups in total. The molecule has 1 aliphatic heterocycles. The van der Waals surface area contributed by atoms with E-state index in [-0.39, 0.29) is 17.6 Å². The van der Waals surface area contributed by atoms with E-state index in [1.807, 2.05) is 18.2 Å². The molecule has 2 aliphatic rings. The maximum atomic E-state index is 13.8. The van der Waals surface area contributed by atoms with E-state index in [0.717, 1.165) is 24.8 Å². The van der Waals surface area contributed by atoms with E-state index < -0.39 is 4.87 Å². The summed E-state index contributed by atoms with van der Waals surface area (Å²) in [6.45, 7) is 2.09. The molecule has 0 bridgehead atoms. The fourth-order valence-electron chi connectivity index (χ4n) is 4.22. The Morgan fingerprint density at radius 3 is 2.89 bits per heavy atom. The van der Waals surface area contributed by atoms with E-state index in [0.29, 0.717) is 17.2 Å². The Kier molecular flexibility index (Phi) is 4.78. The largest absolute Gasteiger partial charge is 0.330 e. The number of thioether (sulfide) groups is 1. The van der Waals surface area contributed by atoms with Gasteiger partial charge in [-0.3, -0.25) is 4.79 Å². The van der Waals surface area contributed by atoms with Gasteiger partial charge in [0.2, 0.25) is 5.91 Å². The minimum Gasteiger partial charge on any atom is -0.330 e. The molecule has 1 aliphatic carbocycles. The van der Waals surface area contributed by atoms with Crippen molar-refractivity contribution in [2.45, 2.75) is 31.1 Å². The SMILES string of the molecule is CC(=O)N1N=C(c2cccc(F)c2)S[C@]12c1ccccc1CC[C@@H]2CCN. The Labute approximate surface area is 162 Å². The quantitative estimate of drug-likeness (QED) is 0.876. The average molecular weight is 383 g/mol. The van der Waals surface area contributed by atoms with Gasteiger partial charge in [-0.2, -0.15) is 5.10 Å². The zero-order valence-corrected chi connectivity index (χ0v) is 16.0. The van der Waals surface area contributed by atoms with E-state index in [4.69, 9.17) is 5.73 Å². The lowest BCUT2D eigenvalue weighted by Gasteiger charge is -2.45. The Morgan fingerprint density at radius 2 is 2.15 bits per heavy atom. The van der Waals surface area contributed by atoms with Crippen LogP contribution >= 0.6 is 11.8 Å². The van der Waals surface area contributed by atoms with Gasteiger partial charge in [0.15, 0.2) is 0 Å². The van der Waals surface area contributed by atoms with Crippen LogP contribution < -0.4 is 5.73 Å². The summed E-state index contributed by atoms with van der Waals surface area (Å²) in [7, 11) is 0. The summed E-state index contributed by atoms with van der Waals surface area (Å²) in [6.07, 6.45) is 2.71. The molecule has 1 amide bonds. The van der Waals surface area contributed by atoms with Crippen LogP contribution in [0, 0.1) is 11.7 Å². The molecule has 2 aromatic carbocycles. The smallest absolute Gasteiger partial charge is 0.241 e. The van der Waals surface area contributed by atoms with Crippen LogP contribution in [0.5, 0.6) is 0 Å². The molecule has 140 valence electrons. The highest BCUT2D eigenvalue weighted by Gasteiger charge is 2.54. The molecule has 4 rings (SSSR count). The lowest BCUT2D eigenvalue weighted by Crippen LogP contribution is -2.49. The third-order valence-corrected chi connectivity index (χ3v) is 6.91. The summed E-state index contributed by atoms with van der Waals surface area (Å²) >= 11 is 1.56. The van der Waals surface area contributed by atoms with E-state index in [9.17, 15) is 9.18 Å². The molecule has 2 atom stereocenters. The average Bonchev–Trinajstić information content (AvgIpc) is 3.06. The molecule has 0 fully saturated rings. The Hall–Kier alpha value is -2.18. The van der Waals surface area contributed by atoms with Crippen molar-refractivity contribution in [3.8, 4) is 0 Å². The number of aryl methyl sites for hydroxylation is 1. The molecule has 2 aromatic rings. The van der Waals surface area contributed by atoms with Gasteiger partial charge < -0.3 is 5.73 Å². The first-order chi connectivity index (χ1) is 13.1. The van der Waals surface area contributed by atoms with Crippen LogP contribution in [0.4, 0.5) is 4.39 Å². The zero-order valence-electron chi connectivity index (χ0n) is 15.2. The van der Waals surface area contributed by atoms with Crippen LogP contribution in [0.1, 0.15) is 36.5 Å². The highest BCUT2D eigenvalue weighted by Crippen LogP contribution is 2.57. The number of nitrogens with zero attached hydrogens (tertiary/aromatic N) is 2. The summed E-state index contributed by atoms with van der Waals surface area (Å²) in [6, 6.07) is 14.6. The van der Waals surface area contributed by atoms with Crippen molar-refractivity contribution in [3.63, 3.8) is 0 Å². The fraction of sp³-hybridized carbons (Fsp3) is 0.333. The second-order valence-electron chi connectivity index (χ2n) is 7.01. The number of benzene rings is 2. The number of nitrogens with two attached hydrogens (primary N) is 1. The lowest BCUT2D eigenvalue weighted by molar-refractivity contribution is -0.134. The number of carbonyl (C=O) groups is 1. The lowest BCUT2D eigenvalue weighted by atomic mass is 9.77. The van der Waals surface area contributed by atoms with Crippen molar-refractivity contribution in [3.05, 3.63) is 71.0 Å². The van der Waals surface area contributed by atoms with E-state index in [1.54, 1.807) is 22.8 Å². The van der Waals surface area contributed by atoms with Crippen molar-refractivity contribution in [1.29, 1.82) is 0 Å². The molecule has 1 spiro atoms. The maximum Gasteiger partial charge on any atom is 0.241 e. The number of hydrogen-bond acceptors (Lipinski definition) is 4. The highest BCUT2D eigenvalue weighted by atomic mass is 32.2. The summed E-state index contributed by atoms with van der Waals surface area (Å²) in [5.41, 5.74) is 8.96. The number of amides is 1. The molecule has 4 nitrogen and oxygen atoms in total. The molecular formula is C21H22FN3OS. The van der Waals surface area contributed by atoms with Crippen LogP contribution in [-0.4, -0.2) is 22.5 Å². The minimum absolute atomic E-state index is 0.118. The Bertz CT molecular complexity index is 916. The van der Waals surface area contributed by atoms with E-state index >= 15 is 0 Å². The Morgan fingerprint density at radius 1 is 1.33 bits per heavy atom. The molecule has 0 aromatic heterocycles. The molecule has 0 saturated carbocycles. The second kappa shape index (κ2) is 7.09. The molecule has 0 saturated heterocycles. The van der Waals surface area contributed by atoms with Gasteiger partial charge in [-0.05, 0) is 55.0 Å². The molecule has 0 unspecified atom stereocenters. The molecule has 0 radical (unpaired) electrons. The first-order valence-corrected chi connectivity index (χ1v) is 10.0. The van der Waals surface area contributed by atoms with Crippen molar-refractivity contribution < 1.29 is 9.18 Å². The number of halogens is 1. The molecule has 6 heteroatoms. The predicted molar refractivity (Wildman–Crippen MR) is 107 cm³/mol. The van der Waals surface area contributed by atoms with Crippen LogP contribution in [0.2, 0.25) is 0 Å². The van der Waals surface area contributed by atoms with Crippen LogP contribution in [0.25, 0.3) is 0 Å². The van der Waals surface area contributed by atoms with E-state index in [2.05, 4.69) is 17.2 Å². The Balaban J connectivity index is 1.87. The first kappa shape index (κ1) is 18.2. The monoisotopic (exact) mass is 383 g/mol. The van der Waals surface area contributed by atoms with Gasteiger partial charge in [0.05, 0.1) is 0 Å². The van der Waals surface area contributed by atoms with E-state index in [1.165, 1.54) is 24.6 Å². The number of fused-ring (bicyclic) bond motifs is 2. The number of carbonyl (C=O) groups excluding carboxylic acids is 1. The van der Waals surface area contributed by atoms with Crippen LogP contribution in [0.15, 0.2) is 53.6 Å². The van der Waals surface area contributed by atoms with Gasteiger partial charge in [0, 0.05) is 12.5 Å². The summed E-state index contributed by atoms with van der Waals surface area (Å²) in [5, 5.41) is 6.94. The maximum absolute atomic E-state index is 13.8. The summed E-state index contributed by atoms with van der Waals surface area (Å²) < 4.78 is 13.8. The second-order valence-corrected chi connectivity index (χ2v) is 8.23. The molecular weight excluding hydrogens is 361 g/mol. The highest BCUT2D eigenvalue weighted by molar-refractivity contribution is 8.15. The van der Waals surface area contributed by atoms with Gasteiger partial charge in [0.25, 0.3) is 0 Å². The third kappa shape index (κ3) is 2.97. The van der Waals surface area contributed by atoms with Gasteiger partial charge in [0.1, 0.15) is 15.7 Å². The standard InChI is InChI=1S/C21H22FN3OS/c1-14(26)25-21(27-20(24-25)16-6-4-7-18(22)13-16)17(11-12-23)10-9-15-5-2-3-8-19(15)21/h2-8,13,17H,9-12,23H2,1H3/t17-,21-/m1/s1. The third-order valence-electron chi connectivity index (χ3n) is 5.36. The zero-order chi connectivity index (χ0) is 19.0. The van der Waals surface area contributed by atoms with Gasteiger partial charge >= 0.3 is 0 Å². The van der Waals surface area contributed by atoms with Crippen molar-refractivity contribution >= 4 is 22.7 Å². The van der Waals surface area contributed by atoms with Crippen LogP contribution in [0.3, 0.4) is 0 Å². The summed E-state index contributed by atoms with van der Waals surface area (Å²) in [5.74, 6) is -0.248. The van der Waals surface area contributed by atoms with Crippen molar-refractivity contribution in [2.24, 2.45) is 16.8 Å². The predicted octanol–water partition coefficient (Wildman–Crippen LogP) is 3.85. The van der Waals surface area contributed by atoms with Gasteiger partial charge in [-0.1, -0.05) is 48.2 Å². The van der Waals surface area contributed by atoms with Crippen LogP contribution in [-0.2, 0) is 16.1 Å². The topological polar surface area (TPSA) is 58.7 Å². The first-order valence-electron chi connectivity index (χ1n) is 9.19. The number of hydrogen-bond donors (Lipinski definition) is 1. The fourth-order valence-corrected chi connectivity index (χ4v) is 5.85. The normalized spacial score (nSPS) is 24.0. The molecule has 1 heterocycles. The molecule has 27 heavy (non-hydrogen) atoms. The number of rotatable bonds is 3. The van der Waals surface area contributed by atoms with Gasteiger partial charge in [-0.15, -0.1) is 0 Å². The number of hydrazone groups is 1.